The lowest BCUT2D eigenvalue weighted by Crippen LogP contribution is -2.41. The largest absolute Gasteiger partial charge is 0.494 e. The number of benzene rings is 2. The summed E-state index contributed by atoms with van der Waals surface area (Å²) in [5, 5.41) is 6.58. The highest BCUT2D eigenvalue weighted by Crippen LogP contribution is 2.43. The molecule has 0 spiro atoms. The summed E-state index contributed by atoms with van der Waals surface area (Å²) in [6.07, 6.45) is 0. The second kappa shape index (κ2) is 13.3. The molecule has 0 atom stereocenters. The van der Waals surface area contributed by atoms with Crippen LogP contribution in [0, 0.1) is 0 Å². The predicted molar refractivity (Wildman–Crippen MR) is 196 cm³/mol. The molecule has 14 heteroatoms. The number of nitrogens with one attached hydrogen (secondary N) is 2. The van der Waals surface area contributed by atoms with Crippen LogP contribution in [0.3, 0.4) is 0 Å². The molecule has 3 saturated heterocycles. The van der Waals surface area contributed by atoms with E-state index in [0.717, 1.165) is 52.5 Å². The van der Waals surface area contributed by atoms with Crippen molar-refractivity contribution in [3.8, 4) is 11.5 Å². The summed E-state index contributed by atoms with van der Waals surface area (Å²) >= 11 is 3.39. The molecule has 0 unspecified atom stereocenters. The van der Waals surface area contributed by atoms with Crippen LogP contribution >= 0.6 is 15.9 Å². The van der Waals surface area contributed by atoms with E-state index in [0.29, 0.717) is 6.61 Å². The Morgan fingerprint density at radius 3 is 1.33 bits per heavy atom. The third kappa shape index (κ3) is 7.70. The molecule has 7 rings (SSSR count). The molecule has 0 aromatic heterocycles. The van der Waals surface area contributed by atoms with Gasteiger partial charge < -0.3 is 48.0 Å². The van der Waals surface area contributed by atoms with Crippen LogP contribution in [0.25, 0.3) is 0 Å². The lowest BCUT2D eigenvalue weighted by Gasteiger charge is -2.32. The van der Waals surface area contributed by atoms with Gasteiger partial charge in [0.2, 0.25) is 0 Å². The van der Waals surface area contributed by atoms with Gasteiger partial charge in [-0.05, 0) is 119 Å². The molecule has 5 heterocycles. The highest BCUT2D eigenvalue weighted by atomic mass is 79.9. The molecular weight excluding hydrogens is 677 g/mol. The average molecular weight is 729 g/mol. The monoisotopic (exact) mass is 728 g/mol. The molecule has 2 aromatic carbocycles. The van der Waals surface area contributed by atoms with Crippen LogP contribution in [0.15, 0.2) is 40.9 Å². The third-order valence-corrected chi connectivity index (χ3v) is 11.1. The van der Waals surface area contributed by atoms with Crippen molar-refractivity contribution in [2.45, 2.75) is 117 Å². The van der Waals surface area contributed by atoms with Crippen molar-refractivity contribution in [3.63, 3.8) is 0 Å². The number of rotatable bonds is 2. The van der Waals surface area contributed by atoms with E-state index in [1.165, 1.54) is 0 Å². The lowest BCUT2D eigenvalue weighted by molar-refractivity contribution is 0.00578. The van der Waals surface area contributed by atoms with Gasteiger partial charge in [-0.25, -0.2) is 0 Å². The Hall–Kier alpha value is -1.93. The standard InChI is InChI=1S/C14H20BNO3.C12H24B2O4.C8H8BrNO/c1-13(2)14(3,4)19-15(18-13)10-5-6-12-11(9-10)16-7-8-17-12;1-9(2)10(3,4)16-13(15-9)14-17-11(5,6)12(7,8)18-14;9-6-1-2-8-7(5-6)10-3-4-11-8/h5-6,9,16H,7-8H2,1-4H3;1-8H3;1-2,5,10H,3-4H2. The van der Waals surface area contributed by atoms with E-state index in [1.807, 2.05) is 85.7 Å². The summed E-state index contributed by atoms with van der Waals surface area (Å²) in [6.45, 7) is 27.7. The van der Waals surface area contributed by atoms with Crippen molar-refractivity contribution in [2.24, 2.45) is 0 Å². The first-order valence-electron chi connectivity index (χ1n) is 16.9. The van der Waals surface area contributed by atoms with Crippen LogP contribution in [0.4, 0.5) is 11.4 Å². The fourth-order valence-electron chi connectivity index (χ4n) is 5.40. The molecule has 3 fully saturated rings. The van der Waals surface area contributed by atoms with E-state index in [2.05, 4.69) is 60.3 Å². The van der Waals surface area contributed by atoms with Gasteiger partial charge in [0.05, 0.1) is 45.0 Å². The number of ether oxygens (including phenoxy) is 2. The van der Waals surface area contributed by atoms with E-state index in [-0.39, 0.29) is 40.7 Å². The molecule has 48 heavy (non-hydrogen) atoms. The van der Waals surface area contributed by atoms with Crippen LogP contribution in [-0.4, -0.2) is 81.0 Å². The van der Waals surface area contributed by atoms with Crippen LogP contribution in [0.1, 0.15) is 83.1 Å². The van der Waals surface area contributed by atoms with Crippen molar-refractivity contribution >= 4 is 53.9 Å². The third-order valence-electron chi connectivity index (χ3n) is 10.6. The Bertz CT molecular complexity index is 1390. The number of anilines is 2. The van der Waals surface area contributed by atoms with Gasteiger partial charge in [0, 0.05) is 17.6 Å². The highest BCUT2D eigenvalue weighted by Gasteiger charge is 2.63. The average Bonchev–Trinajstić information content (AvgIpc) is 3.46. The molecule has 262 valence electrons. The van der Waals surface area contributed by atoms with E-state index >= 15 is 0 Å². The van der Waals surface area contributed by atoms with E-state index < -0.39 is 14.0 Å². The SMILES string of the molecule is Brc1ccc2c(c1)NCCO2.CC1(C)OB(B2OC(C)(C)C(C)(C)O2)OC1(C)C.CC1(C)OB(c2ccc3c(c2)NCCO3)OC1(C)C. The van der Waals surface area contributed by atoms with Crippen molar-refractivity contribution < 1.29 is 37.4 Å². The van der Waals surface area contributed by atoms with Crippen molar-refractivity contribution in [2.75, 3.05) is 36.9 Å². The zero-order chi connectivity index (χ0) is 35.3. The summed E-state index contributed by atoms with van der Waals surface area (Å²) in [5.74, 6) is 1.84. The van der Waals surface area contributed by atoms with Crippen molar-refractivity contribution in [1.82, 2.24) is 0 Å². The Morgan fingerprint density at radius 2 is 0.896 bits per heavy atom. The first-order valence-corrected chi connectivity index (χ1v) is 17.7. The molecule has 2 N–H and O–H groups in total. The van der Waals surface area contributed by atoms with Crippen LogP contribution < -0.4 is 25.6 Å². The second-order valence-electron chi connectivity index (χ2n) is 15.8. The maximum absolute atomic E-state index is 6.05. The molecule has 5 aliphatic rings. The van der Waals surface area contributed by atoms with Gasteiger partial charge in [-0.1, -0.05) is 22.0 Å². The maximum Gasteiger partial charge on any atom is 0.494 e. The van der Waals surface area contributed by atoms with E-state index in [1.54, 1.807) is 0 Å². The topological polar surface area (TPSA) is 97.9 Å². The minimum atomic E-state index is -0.476. The van der Waals surface area contributed by atoms with E-state index in [4.69, 9.17) is 37.4 Å². The number of fused-ring (bicyclic) bond motifs is 2. The molecule has 2 aromatic rings. The number of hydrogen-bond acceptors (Lipinski definition) is 10. The van der Waals surface area contributed by atoms with Gasteiger partial charge in [0.25, 0.3) is 0 Å². The zero-order valence-electron chi connectivity index (χ0n) is 30.7. The Morgan fingerprint density at radius 1 is 0.521 bits per heavy atom. The van der Waals surface area contributed by atoms with Gasteiger partial charge in [-0.2, -0.15) is 0 Å². The zero-order valence-corrected chi connectivity index (χ0v) is 32.3. The molecule has 0 aliphatic carbocycles. The van der Waals surface area contributed by atoms with E-state index in [9.17, 15) is 0 Å². The molecule has 5 aliphatic heterocycles. The summed E-state index contributed by atoms with van der Waals surface area (Å²) < 4.78 is 48.0. The van der Waals surface area contributed by atoms with Gasteiger partial charge >= 0.3 is 21.1 Å². The summed E-state index contributed by atoms with van der Waals surface area (Å²) in [6, 6.07) is 12.0. The Labute approximate surface area is 296 Å². The summed E-state index contributed by atoms with van der Waals surface area (Å²) in [4.78, 5) is 0. The number of hydrogen-bond donors (Lipinski definition) is 2. The van der Waals surface area contributed by atoms with Gasteiger partial charge in [-0.3, -0.25) is 0 Å². The van der Waals surface area contributed by atoms with Crippen molar-refractivity contribution in [1.29, 1.82) is 0 Å². The molecule has 0 bridgehead atoms. The molecular formula is C34H52B3BrN2O8. The maximum atomic E-state index is 6.05. The Kier molecular flexibility index (Phi) is 10.4. The predicted octanol–water partition coefficient (Wildman–Crippen LogP) is 6.29. The molecule has 0 radical (unpaired) electrons. The highest BCUT2D eigenvalue weighted by molar-refractivity contribution is 9.10. The van der Waals surface area contributed by atoms with Gasteiger partial charge in [0.1, 0.15) is 24.7 Å². The molecule has 0 amide bonds. The fraction of sp³-hybridized carbons (Fsp3) is 0.647. The smallest absolute Gasteiger partial charge is 0.490 e. The van der Waals surface area contributed by atoms with Gasteiger partial charge in [0.15, 0.2) is 0 Å². The summed E-state index contributed by atoms with van der Waals surface area (Å²) in [7, 11) is -1.27. The van der Waals surface area contributed by atoms with Crippen LogP contribution in [-0.2, 0) is 27.9 Å². The van der Waals surface area contributed by atoms with Crippen LogP contribution in [0.5, 0.6) is 11.5 Å². The number of halogens is 1. The lowest BCUT2D eigenvalue weighted by atomic mass is 9.49. The van der Waals surface area contributed by atoms with Crippen LogP contribution in [0.2, 0.25) is 0 Å². The molecule has 0 saturated carbocycles. The quantitative estimate of drug-likeness (QED) is 0.344. The normalized spacial score (nSPS) is 24.6. The Balaban J connectivity index is 0.000000146. The van der Waals surface area contributed by atoms with Crippen molar-refractivity contribution in [3.05, 3.63) is 40.9 Å². The minimum Gasteiger partial charge on any atom is -0.490 e. The second-order valence-corrected chi connectivity index (χ2v) is 16.7. The summed E-state index contributed by atoms with van der Waals surface area (Å²) in [5.41, 5.74) is 1.06. The fourth-order valence-corrected chi connectivity index (χ4v) is 5.76. The van der Waals surface area contributed by atoms with Gasteiger partial charge in [-0.15, -0.1) is 0 Å². The first-order chi connectivity index (χ1) is 22.1. The minimum absolute atomic E-state index is 0.308. The first kappa shape index (κ1) is 37.3. The molecule has 10 nitrogen and oxygen atoms in total.